The third-order valence-electron chi connectivity index (χ3n) is 6.48. The quantitative estimate of drug-likeness (QED) is 0.333. The summed E-state index contributed by atoms with van der Waals surface area (Å²) >= 11 is 0. The minimum absolute atomic E-state index is 0.814. The number of rotatable bonds is 4. The van der Waals surface area contributed by atoms with Crippen LogP contribution in [0.3, 0.4) is 0 Å². The number of oxazole rings is 1. The molecule has 0 bridgehead atoms. The lowest BCUT2D eigenvalue weighted by atomic mass is 10.0. The number of nitrogens with zero attached hydrogens (tertiary/aromatic N) is 2. The zero-order valence-corrected chi connectivity index (χ0v) is 19.8. The molecule has 3 aromatic carbocycles. The summed E-state index contributed by atoms with van der Waals surface area (Å²) in [6.45, 7) is 6.39. The highest BCUT2D eigenvalue weighted by Gasteiger charge is 2.24. The van der Waals surface area contributed by atoms with Crippen molar-refractivity contribution in [3.63, 3.8) is 0 Å². The van der Waals surface area contributed by atoms with Crippen LogP contribution in [0.15, 0.2) is 82.6 Å². The number of aryl methyl sites for hydroxylation is 3. The zero-order valence-electron chi connectivity index (χ0n) is 19.8. The molecule has 4 nitrogen and oxygen atoms in total. The van der Waals surface area contributed by atoms with Crippen LogP contribution < -0.4 is 14.2 Å². The van der Waals surface area contributed by atoms with Crippen LogP contribution in [0, 0.1) is 13.8 Å². The van der Waals surface area contributed by atoms with Crippen molar-refractivity contribution in [2.75, 3.05) is 11.9 Å². The molecule has 2 heterocycles. The van der Waals surface area contributed by atoms with Gasteiger partial charge in [-0.05, 0) is 66.3 Å². The lowest BCUT2D eigenvalue weighted by molar-refractivity contribution is -0.652. The van der Waals surface area contributed by atoms with E-state index in [1.807, 2.05) is 26.2 Å². The molecule has 0 aliphatic carbocycles. The molecular formula is C29H29N2O2+. The molecule has 33 heavy (non-hydrogen) atoms. The molecule has 1 aliphatic heterocycles. The summed E-state index contributed by atoms with van der Waals surface area (Å²) in [5.41, 5.74) is 9.09. The molecular weight excluding hydrogens is 408 g/mol. The number of hydrogen-bond donors (Lipinski definition) is 0. The highest BCUT2D eigenvalue weighted by Crippen LogP contribution is 2.41. The van der Waals surface area contributed by atoms with Crippen molar-refractivity contribution in [2.24, 2.45) is 7.05 Å². The van der Waals surface area contributed by atoms with Crippen LogP contribution in [0.25, 0.3) is 28.3 Å². The van der Waals surface area contributed by atoms with Crippen LogP contribution in [0.4, 0.5) is 5.69 Å². The average Bonchev–Trinajstić information content (AvgIpc) is 3.30. The Morgan fingerprint density at radius 2 is 1.73 bits per heavy atom. The van der Waals surface area contributed by atoms with Crippen molar-refractivity contribution in [3.8, 4) is 16.9 Å². The molecule has 0 N–H and O–H groups in total. The number of ether oxygens (including phenoxy) is 1. The Morgan fingerprint density at radius 3 is 2.48 bits per heavy atom. The first kappa shape index (κ1) is 21.1. The largest absolute Gasteiger partial charge is 0.439 e. The van der Waals surface area contributed by atoms with E-state index in [1.54, 1.807) is 0 Å². The Bertz CT molecular complexity index is 1410. The summed E-state index contributed by atoms with van der Waals surface area (Å²) in [5, 5.41) is 0. The second kappa shape index (κ2) is 8.28. The monoisotopic (exact) mass is 437 g/mol. The lowest BCUT2D eigenvalue weighted by Gasteiger charge is -2.12. The van der Waals surface area contributed by atoms with Crippen LogP contribution in [0.2, 0.25) is 0 Å². The number of anilines is 1. The van der Waals surface area contributed by atoms with E-state index in [9.17, 15) is 0 Å². The smallest absolute Gasteiger partial charge is 0.374 e. The van der Waals surface area contributed by atoms with E-state index in [1.165, 1.54) is 22.3 Å². The Labute approximate surface area is 195 Å². The van der Waals surface area contributed by atoms with E-state index in [-0.39, 0.29) is 0 Å². The van der Waals surface area contributed by atoms with Crippen molar-refractivity contribution in [2.45, 2.75) is 27.2 Å². The van der Waals surface area contributed by atoms with Gasteiger partial charge in [-0.25, -0.2) is 0 Å². The molecule has 4 heteroatoms. The van der Waals surface area contributed by atoms with Gasteiger partial charge < -0.3 is 14.1 Å². The first-order valence-corrected chi connectivity index (χ1v) is 11.4. The van der Waals surface area contributed by atoms with Crippen molar-refractivity contribution in [1.29, 1.82) is 0 Å². The summed E-state index contributed by atoms with van der Waals surface area (Å²) in [7, 11) is 4.10. The number of benzene rings is 3. The molecule has 0 saturated heterocycles. The zero-order chi connectivity index (χ0) is 23.1. The molecule has 0 amide bonds. The van der Waals surface area contributed by atoms with Gasteiger partial charge in [0.25, 0.3) is 5.52 Å². The van der Waals surface area contributed by atoms with E-state index in [0.29, 0.717) is 0 Å². The van der Waals surface area contributed by atoms with Crippen LogP contribution >= 0.6 is 0 Å². The molecule has 1 aliphatic rings. The van der Waals surface area contributed by atoms with E-state index in [2.05, 4.69) is 90.9 Å². The van der Waals surface area contributed by atoms with Gasteiger partial charge >= 0.3 is 5.89 Å². The van der Waals surface area contributed by atoms with Gasteiger partial charge in [-0.3, -0.25) is 0 Å². The summed E-state index contributed by atoms with van der Waals surface area (Å²) in [6, 6.07) is 21.1. The predicted octanol–water partition coefficient (Wildman–Crippen LogP) is 6.70. The van der Waals surface area contributed by atoms with E-state index in [0.717, 1.165) is 46.3 Å². The van der Waals surface area contributed by atoms with Crippen molar-refractivity contribution >= 4 is 22.9 Å². The fraction of sp³-hybridized carbons (Fsp3) is 0.207. The van der Waals surface area contributed by atoms with Crippen LogP contribution in [-0.4, -0.2) is 7.05 Å². The number of allylic oxidation sites excluding steroid dienone is 2. The number of fused-ring (bicyclic) bond motifs is 2. The molecule has 0 atom stereocenters. The summed E-state index contributed by atoms with van der Waals surface area (Å²) in [5.74, 6) is 2.51. The highest BCUT2D eigenvalue weighted by atomic mass is 16.5. The molecule has 166 valence electrons. The topological polar surface area (TPSA) is 29.5 Å². The van der Waals surface area contributed by atoms with Gasteiger partial charge in [0.05, 0.1) is 11.8 Å². The first-order valence-electron chi connectivity index (χ1n) is 11.4. The van der Waals surface area contributed by atoms with Gasteiger partial charge in [-0.15, -0.1) is 0 Å². The molecule has 0 fully saturated rings. The summed E-state index contributed by atoms with van der Waals surface area (Å²) < 4.78 is 14.5. The molecule has 0 radical (unpaired) electrons. The maximum atomic E-state index is 6.21. The fourth-order valence-electron chi connectivity index (χ4n) is 4.21. The van der Waals surface area contributed by atoms with Gasteiger partial charge in [0.1, 0.15) is 7.05 Å². The Morgan fingerprint density at radius 1 is 0.970 bits per heavy atom. The Kier molecular flexibility index (Phi) is 5.29. The van der Waals surface area contributed by atoms with Gasteiger partial charge in [0.2, 0.25) is 11.5 Å². The fourth-order valence-corrected chi connectivity index (χ4v) is 4.21. The Hall–Kier alpha value is -3.79. The molecule has 1 aromatic heterocycles. The first-order chi connectivity index (χ1) is 15.9. The molecule has 0 spiro atoms. The minimum atomic E-state index is 0.814. The van der Waals surface area contributed by atoms with Gasteiger partial charge in [-0.2, -0.15) is 4.57 Å². The highest BCUT2D eigenvalue weighted by molar-refractivity contribution is 5.76. The Balaban J connectivity index is 1.48. The van der Waals surface area contributed by atoms with Crippen molar-refractivity contribution < 1.29 is 13.7 Å². The number of hydrogen-bond acceptors (Lipinski definition) is 3. The minimum Gasteiger partial charge on any atom is -0.439 e. The van der Waals surface area contributed by atoms with Crippen LogP contribution in [0.1, 0.15) is 30.4 Å². The molecule has 0 saturated carbocycles. The molecule has 5 rings (SSSR count). The SMILES string of the molecule is CCC(=Cc1oc2cc(C)c(C)cc2[n+]1C)C=C1Oc2ccc(-c3ccccc3)cc2N1C. The van der Waals surface area contributed by atoms with Gasteiger partial charge in [-0.1, -0.05) is 43.3 Å². The van der Waals surface area contributed by atoms with E-state index < -0.39 is 0 Å². The van der Waals surface area contributed by atoms with Crippen LogP contribution in [-0.2, 0) is 7.05 Å². The number of aromatic nitrogens is 1. The van der Waals surface area contributed by atoms with Crippen molar-refractivity contribution in [3.05, 3.63) is 95.2 Å². The van der Waals surface area contributed by atoms with Gasteiger partial charge in [0.15, 0.2) is 5.75 Å². The summed E-state index contributed by atoms with van der Waals surface area (Å²) in [4.78, 5) is 2.11. The second-order valence-electron chi connectivity index (χ2n) is 8.67. The standard InChI is InChI=1S/C29H29N2O2/c1-6-21(17-29-30(4)24-14-19(2)20(3)15-27(24)33-29)16-28-31(5)25-18-23(12-13-26(25)32-28)22-10-8-7-9-11-22/h7-18H,6H2,1-5H3/q+1. The third-order valence-corrected chi connectivity index (χ3v) is 6.48. The maximum Gasteiger partial charge on any atom is 0.374 e. The predicted molar refractivity (Wildman–Crippen MR) is 134 cm³/mol. The molecule has 4 aromatic rings. The van der Waals surface area contributed by atoms with Crippen LogP contribution in [0.5, 0.6) is 5.75 Å². The van der Waals surface area contributed by atoms with E-state index in [4.69, 9.17) is 9.15 Å². The van der Waals surface area contributed by atoms with E-state index >= 15 is 0 Å². The third kappa shape index (κ3) is 3.82. The summed E-state index contributed by atoms with van der Waals surface area (Å²) in [6.07, 6.45) is 5.07. The lowest BCUT2D eigenvalue weighted by Crippen LogP contribution is -2.29. The van der Waals surface area contributed by atoms with Gasteiger partial charge in [0, 0.05) is 19.2 Å². The maximum absolute atomic E-state index is 6.21. The molecule has 0 unspecified atom stereocenters. The average molecular weight is 438 g/mol. The second-order valence-corrected chi connectivity index (χ2v) is 8.67. The van der Waals surface area contributed by atoms with Crippen molar-refractivity contribution in [1.82, 2.24) is 0 Å². The normalized spacial score (nSPS) is 14.8.